The molecule has 3 N–H and O–H groups in total. The third-order valence-electron chi connectivity index (χ3n) is 4.09. The second-order valence-electron chi connectivity index (χ2n) is 5.50. The minimum absolute atomic E-state index is 0.00374. The molecule has 0 spiro atoms. The van der Waals surface area contributed by atoms with Crippen molar-refractivity contribution in [3.8, 4) is 0 Å². The average molecular weight is 333 g/mol. The molecule has 1 fully saturated rings. The lowest BCUT2D eigenvalue weighted by atomic mass is 9.94. The van der Waals surface area contributed by atoms with E-state index in [1.165, 1.54) is 6.33 Å². The summed E-state index contributed by atoms with van der Waals surface area (Å²) in [7, 11) is 1.82. The Morgan fingerprint density at radius 3 is 2.87 bits per heavy atom. The van der Waals surface area contributed by atoms with Gasteiger partial charge < -0.3 is 16.0 Å². The monoisotopic (exact) mass is 332 g/mol. The van der Waals surface area contributed by atoms with Crippen LogP contribution in [0.1, 0.15) is 18.0 Å². The molecule has 3 rings (SSSR count). The van der Waals surface area contributed by atoms with E-state index >= 15 is 0 Å². The van der Waals surface area contributed by atoms with Crippen molar-refractivity contribution in [3.63, 3.8) is 0 Å². The van der Waals surface area contributed by atoms with E-state index in [-0.39, 0.29) is 23.7 Å². The number of anilines is 2. The predicted octanol–water partition coefficient (Wildman–Crippen LogP) is 1.74. The number of nitrogens with zero attached hydrogens (tertiary/aromatic N) is 4. The van der Waals surface area contributed by atoms with Crippen molar-refractivity contribution in [2.45, 2.75) is 12.5 Å². The van der Waals surface area contributed by atoms with Crippen LogP contribution in [0.4, 0.5) is 11.6 Å². The summed E-state index contributed by atoms with van der Waals surface area (Å²) < 4.78 is 0. The Bertz CT molecular complexity index is 710. The smallest absolute Gasteiger partial charge is 0.223 e. The van der Waals surface area contributed by atoms with Gasteiger partial charge in [0.15, 0.2) is 0 Å². The fourth-order valence-electron chi connectivity index (χ4n) is 2.93. The summed E-state index contributed by atoms with van der Waals surface area (Å²) in [5, 5.41) is 3.48. The second kappa shape index (κ2) is 6.37. The number of rotatable bonds is 4. The topological polar surface area (TPSA) is 97.0 Å². The highest BCUT2D eigenvalue weighted by Gasteiger charge is 2.38. The van der Waals surface area contributed by atoms with E-state index < -0.39 is 0 Å². The highest BCUT2D eigenvalue weighted by Crippen LogP contribution is 2.37. The summed E-state index contributed by atoms with van der Waals surface area (Å²) in [6.07, 6.45) is 5.29. The molecule has 2 atom stereocenters. The Morgan fingerprint density at radius 2 is 2.13 bits per heavy atom. The number of aromatic nitrogens is 3. The normalized spacial score (nSPS) is 20.8. The Balaban J connectivity index is 1.78. The summed E-state index contributed by atoms with van der Waals surface area (Å²) in [6, 6.07) is 3.86. The van der Waals surface area contributed by atoms with Gasteiger partial charge in [0, 0.05) is 38.3 Å². The van der Waals surface area contributed by atoms with Crippen LogP contribution in [0, 0.1) is 5.92 Å². The van der Waals surface area contributed by atoms with Crippen LogP contribution in [0.2, 0.25) is 5.02 Å². The zero-order valence-electron chi connectivity index (χ0n) is 12.6. The average Bonchev–Trinajstić information content (AvgIpc) is 2.84. The van der Waals surface area contributed by atoms with Gasteiger partial charge in [-0.1, -0.05) is 11.6 Å². The molecule has 1 aliphatic heterocycles. The quantitative estimate of drug-likeness (QED) is 0.885. The molecule has 1 aliphatic rings. The Labute approximate surface area is 138 Å². The van der Waals surface area contributed by atoms with Gasteiger partial charge >= 0.3 is 0 Å². The van der Waals surface area contributed by atoms with Crippen LogP contribution in [0.15, 0.2) is 30.9 Å². The summed E-state index contributed by atoms with van der Waals surface area (Å²) in [4.78, 5) is 25.8. The molecule has 1 saturated heterocycles. The highest BCUT2D eigenvalue weighted by molar-refractivity contribution is 6.35. The van der Waals surface area contributed by atoms with Gasteiger partial charge in [0.2, 0.25) is 5.91 Å². The van der Waals surface area contributed by atoms with Crippen molar-refractivity contribution in [2.75, 3.05) is 24.6 Å². The Morgan fingerprint density at radius 1 is 1.39 bits per heavy atom. The standard InChI is InChI=1S/C15H17ClN6O/c1-22-11(23)6-10(13(22)9-2-4-18-5-3-9)7-19-15-12(16)14(17)20-8-21-15/h2-5,8,10,13H,6-7H2,1H3,(H3,17,19,20,21)/t10-,13-/m0/s1. The third kappa shape index (κ3) is 3.05. The molecular weight excluding hydrogens is 316 g/mol. The molecule has 1 amide bonds. The molecule has 23 heavy (non-hydrogen) atoms. The SMILES string of the molecule is CN1C(=O)C[C@@H](CNc2ncnc(N)c2Cl)[C@@H]1c1ccncc1. The van der Waals surface area contributed by atoms with Crippen LogP contribution in [-0.4, -0.2) is 39.4 Å². The van der Waals surface area contributed by atoms with Crippen LogP contribution in [0.3, 0.4) is 0 Å². The van der Waals surface area contributed by atoms with E-state index in [0.29, 0.717) is 23.8 Å². The Hall–Kier alpha value is -2.41. The molecule has 7 nitrogen and oxygen atoms in total. The van der Waals surface area contributed by atoms with E-state index in [2.05, 4.69) is 20.3 Å². The number of halogens is 1. The molecule has 120 valence electrons. The largest absolute Gasteiger partial charge is 0.382 e. The van der Waals surface area contributed by atoms with E-state index in [4.69, 9.17) is 17.3 Å². The lowest BCUT2D eigenvalue weighted by molar-refractivity contribution is -0.127. The first-order chi connectivity index (χ1) is 11.1. The fraction of sp³-hybridized carbons (Fsp3) is 0.333. The summed E-state index contributed by atoms with van der Waals surface area (Å²) in [5.74, 6) is 0.929. The van der Waals surface area contributed by atoms with Gasteiger partial charge in [-0.15, -0.1) is 0 Å². The first-order valence-corrected chi connectivity index (χ1v) is 7.61. The van der Waals surface area contributed by atoms with Gasteiger partial charge in [-0.3, -0.25) is 9.78 Å². The van der Waals surface area contributed by atoms with Crippen molar-refractivity contribution in [3.05, 3.63) is 41.4 Å². The van der Waals surface area contributed by atoms with Crippen molar-refractivity contribution >= 4 is 29.1 Å². The van der Waals surface area contributed by atoms with E-state index in [9.17, 15) is 4.79 Å². The van der Waals surface area contributed by atoms with E-state index in [1.807, 2.05) is 19.2 Å². The van der Waals surface area contributed by atoms with Crippen LogP contribution >= 0.6 is 11.6 Å². The predicted molar refractivity (Wildman–Crippen MR) is 87.8 cm³/mol. The van der Waals surface area contributed by atoms with Crippen molar-refractivity contribution in [2.24, 2.45) is 5.92 Å². The number of nitrogens with two attached hydrogens (primary N) is 1. The fourth-order valence-corrected chi connectivity index (χ4v) is 3.09. The molecule has 0 aliphatic carbocycles. The maximum absolute atomic E-state index is 12.1. The van der Waals surface area contributed by atoms with Crippen LogP contribution in [-0.2, 0) is 4.79 Å². The summed E-state index contributed by atoms with van der Waals surface area (Å²) in [6.45, 7) is 0.555. The second-order valence-corrected chi connectivity index (χ2v) is 5.87. The number of carbonyl (C=O) groups excluding carboxylic acids is 1. The lowest BCUT2D eigenvalue weighted by Crippen LogP contribution is -2.26. The molecule has 0 saturated carbocycles. The number of pyridine rings is 1. The number of amides is 1. The molecular formula is C15H17ClN6O. The molecule has 3 heterocycles. The maximum atomic E-state index is 12.1. The Kier molecular flexibility index (Phi) is 4.29. The van der Waals surface area contributed by atoms with Crippen LogP contribution in [0.25, 0.3) is 0 Å². The maximum Gasteiger partial charge on any atom is 0.223 e. The minimum atomic E-state index is -0.00374. The van der Waals surface area contributed by atoms with E-state index in [1.54, 1.807) is 17.3 Å². The van der Waals surface area contributed by atoms with Gasteiger partial charge in [0.1, 0.15) is 23.0 Å². The molecule has 0 radical (unpaired) electrons. The van der Waals surface area contributed by atoms with Crippen LogP contribution in [0.5, 0.6) is 0 Å². The lowest BCUT2D eigenvalue weighted by Gasteiger charge is -2.25. The number of carbonyl (C=O) groups is 1. The molecule has 0 aromatic carbocycles. The van der Waals surface area contributed by atoms with Crippen molar-refractivity contribution in [1.82, 2.24) is 19.9 Å². The number of hydrogen-bond acceptors (Lipinski definition) is 6. The summed E-state index contributed by atoms with van der Waals surface area (Å²) >= 11 is 6.09. The zero-order valence-corrected chi connectivity index (χ0v) is 13.4. The van der Waals surface area contributed by atoms with Crippen molar-refractivity contribution in [1.29, 1.82) is 0 Å². The highest BCUT2D eigenvalue weighted by atomic mass is 35.5. The first kappa shape index (κ1) is 15.5. The zero-order chi connectivity index (χ0) is 16.4. The van der Waals surface area contributed by atoms with E-state index in [0.717, 1.165) is 5.56 Å². The van der Waals surface area contributed by atoms with Gasteiger partial charge in [0.05, 0.1) is 6.04 Å². The molecule has 8 heteroatoms. The van der Waals surface area contributed by atoms with Crippen LogP contribution < -0.4 is 11.1 Å². The number of nitrogen functional groups attached to an aromatic ring is 1. The minimum Gasteiger partial charge on any atom is -0.382 e. The first-order valence-electron chi connectivity index (χ1n) is 7.23. The number of hydrogen-bond donors (Lipinski definition) is 2. The summed E-state index contributed by atoms with van der Waals surface area (Å²) in [5.41, 5.74) is 6.74. The van der Waals surface area contributed by atoms with Gasteiger partial charge in [0.25, 0.3) is 0 Å². The van der Waals surface area contributed by atoms with Gasteiger partial charge in [-0.2, -0.15) is 0 Å². The molecule has 2 aromatic heterocycles. The molecule has 0 bridgehead atoms. The number of likely N-dealkylation sites (tertiary alicyclic amines) is 1. The van der Waals surface area contributed by atoms with Crippen molar-refractivity contribution < 1.29 is 4.79 Å². The van der Waals surface area contributed by atoms with Gasteiger partial charge in [-0.25, -0.2) is 9.97 Å². The molecule has 2 aromatic rings. The van der Waals surface area contributed by atoms with Gasteiger partial charge in [-0.05, 0) is 17.7 Å². The molecule has 0 unspecified atom stereocenters. The number of nitrogens with one attached hydrogen (secondary N) is 1. The third-order valence-corrected chi connectivity index (χ3v) is 4.46.